The number of benzene rings is 2. The first kappa shape index (κ1) is 25.1. The molecule has 0 radical (unpaired) electrons. The van der Waals surface area contributed by atoms with Crippen LogP contribution in [0.3, 0.4) is 0 Å². The number of aryl methyl sites for hydroxylation is 1. The van der Waals surface area contributed by atoms with Crippen molar-refractivity contribution in [2.24, 2.45) is 17.8 Å². The van der Waals surface area contributed by atoms with Gasteiger partial charge in [0.15, 0.2) is 0 Å². The minimum atomic E-state index is -0.291. The summed E-state index contributed by atoms with van der Waals surface area (Å²) in [7, 11) is 1.43. The van der Waals surface area contributed by atoms with E-state index in [0.717, 1.165) is 38.9 Å². The second-order valence-corrected chi connectivity index (χ2v) is 10.9. The third-order valence-corrected chi connectivity index (χ3v) is 8.28. The average Bonchev–Trinajstić information content (AvgIpc) is 2.95. The number of halogens is 2. The van der Waals surface area contributed by atoms with Gasteiger partial charge in [-0.3, -0.25) is 4.39 Å². The molecule has 2 aromatic rings. The third kappa shape index (κ3) is 5.46. The minimum Gasteiger partial charge on any atom is -0.465 e. The highest BCUT2D eigenvalue weighted by molar-refractivity contribution is 9.11. The number of hydrogen-bond donors (Lipinski definition) is 0. The Kier molecular flexibility index (Phi) is 8.26. The SMILES string of the molecule is COC(=O)c1ccc2c(c1)CCC(C(C)C)C(Br)=C2c1ccc(CC2CN(CCCF)C2)cc1. The van der Waals surface area contributed by atoms with E-state index in [2.05, 4.69) is 65.0 Å². The molecule has 5 heteroatoms. The Morgan fingerprint density at radius 1 is 1.18 bits per heavy atom. The first-order valence-electron chi connectivity index (χ1n) is 12.4. The van der Waals surface area contributed by atoms with Crippen molar-refractivity contribution in [2.75, 3.05) is 33.4 Å². The van der Waals surface area contributed by atoms with Gasteiger partial charge in [-0.15, -0.1) is 0 Å². The highest BCUT2D eigenvalue weighted by Crippen LogP contribution is 2.43. The Bertz CT molecular complexity index is 1040. The van der Waals surface area contributed by atoms with Gasteiger partial charge in [0.1, 0.15) is 0 Å². The van der Waals surface area contributed by atoms with Gasteiger partial charge in [0, 0.05) is 24.1 Å². The van der Waals surface area contributed by atoms with E-state index in [1.54, 1.807) is 0 Å². The number of hydrogen-bond acceptors (Lipinski definition) is 3. The number of methoxy groups -OCH3 is 1. The molecule has 1 fully saturated rings. The van der Waals surface area contributed by atoms with Gasteiger partial charge in [-0.05, 0) is 83.4 Å². The zero-order valence-corrected chi connectivity index (χ0v) is 22.0. The first-order valence-corrected chi connectivity index (χ1v) is 13.2. The average molecular weight is 529 g/mol. The Balaban J connectivity index is 1.59. The molecule has 0 aromatic heterocycles. The molecule has 1 heterocycles. The Morgan fingerprint density at radius 3 is 2.56 bits per heavy atom. The smallest absolute Gasteiger partial charge is 0.337 e. The van der Waals surface area contributed by atoms with Crippen molar-refractivity contribution in [1.82, 2.24) is 4.90 Å². The number of carbonyl (C=O) groups excluding carboxylic acids is 1. The summed E-state index contributed by atoms with van der Waals surface area (Å²) in [6, 6.07) is 15.0. The molecule has 1 saturated heterocycles. The largest absolute Gasteiger partial charge is 0.465 e. The van der Waals surface area contributed by atoms with Gasteiger partial charge >= 0.3 is 5.97 Å². The maximum atomic E-state index is 12.4. The molecule has 34 heavy (non-hydrogen) atoms. The quantitative estimate of drug-likeness (QED) is 0.358. The molecule has 3 nitrogen and oxygen atoms in total. The van der Waals surface area contributed by atoms with Gasteiger partial charge < -0.3 is 9.64 Å². The van der Waals surface area contributed by atoms with E-state index >= 15 is 0 Å². The van der Waals surface area contributed by atoms with E-state index in [4.69, 9.17) is 4.74 Å². The summed E-state index contributed by atoms with van der Waals surface area (Å²) in [6.07, 6.45) is 3.68. The van der Waals surface area contributed by atoms with Gasteiger partial charge in [-0.1, -0.05) is 60.1 Å². The van der Waals surface area contributed by atoms with Crippen LogP contribution < -0.4 is 0 Å². The predicted molar refractivity (Wildman–Crippen MR) is 140 cm³/mol. The lowest BCUT2D eigenvalue weighted by Gasteiger charge is -2.39. The standard InChI is InChI=1S/C29H35BrFNO2/c1-19(2)25-11-9-23-16-24(29(33)34-3)10-12-26(23)27(28(25)30)22-7-5-20(6-8-22)15-21-17-32(18-21)14-4-13-31/h5-8,10,12,16,19,21,25H,4,9,11,13-15,17-18H2,1-3H3. The minimum absolute atomic E-state index is 0.223. The van der Waals surface area contributed by atoms with Crippen molar-refractivity contribution in [3.8, 4) is 0 Å². The molecule has 4 rings (SSSR count). The van der Waals surface area contributed by atoms with Crippen molar-refractivity contribution < 1.29 is 13.9 Å². The number of carbonyl (C=O) groups is 1. The number of likely N-dealkylation sites (tertiary alicyclic amines) is 1. The Hall–Kier alpha value is -1.98. The lowest BCUT2D eigenvalue weighted by atomic mass is 9.88. The topological polar surface area (TPSA) is 29.5 Å². The molecule has 0 spiro atoms. The third-order valence-electron chi connectivity index (χ3n) is 7.30. The lowest BCUT2D eigenvalue weighted by molar-refractivity contribution is 0.0600. The van der Waals surface area contributed by atoms with Crippen LogP contribution in [0.2, 0.25) is 0 Å². The van der Waals surface area contributed by atoms with Crippen molar-refractivity contribution in [1.29, 1.82) is 0 Å². The molecule has 0 N–H and O–H groups in total. The fourth-order valence-electron chi connectivity index (χ4n) is 5.37. The lowest BCUT2D eigenvalue weighted by Crippen LogP contribution is -2.47. The second kappa shape index (κ2) is 11.2. The molecule has 1 aliphatic heterocycles. The van der Waals surface area contributed by atoms with Crippen LogP contribution in [-0.4, -0.2) is 44.3 Å². The summed E-state index contributed by atoms with van der Waals surface area (Å²) in [5.74, 6) is 1.31. The summed E-state index contributed by atoms with van der Waals surface area (Å²) in [5.41, 5.74) is 6.79. The van der Waals surface area contributed by atoms with Crippen LogP contribution in [0, 0.1) is 17.8 Å². The van der Waals surface area contributed by atoms with Gasteiger partial charge in [0.05, 0.1) is 19.3 Å². The summed E-state index contributed by atoms with van der Waals surface area (Å²) >= 11 is 4.00. The van der Waals surface area contributed by atoms with E-state index in [-0.39, 0.29) is 12.6 Å². The van der Waals surface area contributed by atoms with E-state index in [0.29, 0.717) is 29.7 Å². The molecular weight excluding hydrogens is 493 g/mol. The van der Waals surface area contributed by atoms with Crippen LogP contribution >= 0.6 is 15.9 Å². The molecule has 182 valence electrons. The zero-order valence-electron chi connectivity index (χ0n) is 20.4. The summed E-state index contributed by atoms with van der Waals surface area (Å²) in [6.45, 7) is 7.35. The van der Waals surface area contributed by atoms with Crippen molar-refractivity contribution in [3.63, 3.8) is 0 Å². The zero-order chi connectivity index (χ0) is 24.2. The van der Waals surface area contributed by atoms with Crippen LogP contribution in [0.15, 0.2) is 46.9 Å². The monoisotopic (exact) mass is 527 g/mol. The molecular formula is C29H35BrFNO2. The maximum absolute atomic E-state index is 12.4. The molecule has 2 aliphatic rings. The van der Waals surface area contributed by atoms with Gasteiger partial charge in [0.25, 0.3) is 0 Å². The fourth-order valence-corrected chi connectivity index (χ4v) is 6.57. The first-order chi connectivity index (χ1) is 16.4. The molecule has 1 atom stereocenters. The molecule has 0 amide bonds. The van der Waals surface area contributed by atoms with E-state index < -0.39 is 0 Å². The number of allylic oxidation sites excluding steroid dienone is 1. The van der Waals surface area contributed by atoms with Crippen LogP contribution in [0.5, 0.6) is 0 Å². The molecule has 0 bridgehead atoms. The Morgan fingerprint density at radius 2 is 1.91 bits per heavy atom. The summed E-state index contributed by atoms with van der Waals surface area (Å²) in [5, 5.41) is 0. The number of alkyl halides is 1. The van der Waals surface area contributed by atoms with Crippen LogP contribution in [0.1, 0.15) is 59.3 Å². The van der Waals surface area contributed by atoms with Crippen LogP contribution in [0.4, 0.5) is 4.39 Å². The molecule has 0 saturated carbocycles. The van der Waals surface area contributed by atoms with Crippen molar-refractivity contribution >= 4 is 27.5 Å². The van der Waals surface area contributed by atoms with E-state index in [1.165, 1.54) is 39.4 Å². The predicted octanol–water partition coefficient (Wildman–Crippen LogP) is 6.68. The number of rotatable bonds is 8. The van der Waals surface area contributed by atoms with Gasteiger partial charge in [-0.25, -0.2) is 4.79 Å². The number of nitrogens with zero attached hydrogens (tertiary/aromatic N) is 1. The van der Waals surface area contributed by atoms with Gasteiger partial charge in [0.2, 0.25) is 0 Å². The highest BCUT2D eigenvalue weighted by Gasteiger charge is 2.28. The summed E-state index contributed by atoms with van der Waals surface area (Å²) in [4.78, 5) is 14.5. The van der Waals surface area contributed by atoms with Crippen molar-refractivity contribution in [3.05, 3.63) is 74.8 Å². The molecule has 1 aliphatic carbocycles. The fraction of sp³-hybridized carbons (Fsp3) is 0.483. The number of fused-ring (bicyclic) bond motifs is 1. The van der Waals surface area contributed by atoms with Crippen LogP contribution in [0.25, 0.3) is 5.57 Å². The number of ether oxygens (including phenoxy) is 1. The van der Waals surface area contributed by atoms with E-state index in [1.807, 2.05) is 12.1 Å². The highest BCUT2D eigenvalue weighted by atomic mass is 79.9. The summed E-state index contributed by atoms with van der Waals surface area (Å²) < 4.78 is 18.6. The maximum Gasteiger partial charge on any atom is 0.337 e. The molecule has 1 unspecified atom stereocenters. The number of esters is 1. The van der Waals surface area contributed by atoms with Crippen molar-refractivity contribution in [2.45, 2.75) is 39.5 Å². The second-order valence-electron chi connectivity index (χ2n) is 10.0. The Labute approximate surface area is 211 Å². The van der Waals surface area contributed by atoms with E-state index in [9.17, 15) is 9.18 Å². The molecule has 2 aromatic carbocycles. The normalized spacial score (nSPS) is 19.1. The van der Waals surface area contributed by atoms with Gasteiger partial charge in [-0.2, -0.15) is 0 Å². The van der Waals surface area contributed by atoms with Crippen LogP contribution in [-0.2, 0) is 17.6 Å².